The van der Waals surface area contributed by atoms with Gasteiger partial charge in [0.2, 0.25) is 0 Å². The molecule has 134 valence electrons. The van der Waals surface area contributed by atoms with Crippen molar-refractivity contribution in [1.29, 1.82) is 0 Å². The van der Waals surface area contributed by atoms with E-state index in [1.165, 1.54) is 11.3 Å². The van der Waals surface area contributed by atoms with E-state index >= 15 is 0 Å². The van der Waals surface area contributed by atoms with Crippen LogP contribution in [0.2, 0.25) is 5.02 Å². The molecule has 1 fully saturated rings. The number of thiazole rings is 1. The Morgan fingerprint density at radius 1 is 1.31 bits per heavy atom. The molecule has 4 rings (SSSR count). The van der Waals surface area contributed by atoms with Crippen LogP contribution in [0.25, 0.3) is 0 Å². The van der Waals surface area contributed by atoms with Crippen LogP contribution in [-0.4, -0.2) is 33.9 Å². The van der Waals surface area contributed by atoms with Gasteiger partial charge in [-0.15, -0.1) is 11.3 Å². The van der Waals surface area contributed by atoms with Crippen LogP contribution in [-0.2, 0) is 6.42 Å². The first kappa shape index (κ1) is 17.2. The minimum atomic E-state index is 0.0464. The molecule has 3 heterocycles. The molecule has 3 aromatic rings. The zero-order valence-electron chi connectivity index (χ0n) is 14.1. The summed E-state index contributed by atoms with van der Waals surface area (Å²) in [4.78, 5) is 23.6. The number of rotatable bonds is 4. The average molecular weight is 388 g/mol. The van der Waals surface area contributed by atoms with E-state index in [0.29, 0.717) is 17.8 Å². The molecule has 0 spiro atoms. The maximum Gasteiger partial charge on any atom is 0.265 e. The number of piperidine rings is 1. The third kappa shape index (κ3) is 3.81. The van der Waals surface area contributed by atoms with Crippen LogP contribution in [0.15, 0.2) is 46.6 Å². The lowest BCUT2D eigenvalue weighted by molar-refractivity contribution is 0.0702. The molecule has 1 amide bonds. The van der Waals surface area contributed by atoms with E-state index in [9.17, 15) is 4.79 Å². The molecule has 7 heteroatoms. The zero-order valence-corrected chi connectivity index (χ0v) is 15.7. The van der Waals surface area contributed by atoms with Crippen molar-refractivity contribution in [2.24, 2.45) is 0 Å². The summed E-state index contributed by atoms with van der Waals surface area (Å²) >= 11 is 7.30. The lowest BCUT2D eigenvalue weighted by Crippen LogP contribution is -2.38. The summed E-state index contributed by atoms with van der Waals surface area (Å²) in [5, 5.41) is 0.722. The van der Waals surface area contributed by atoms with Crippen molar-refractivity contribution in [3.63, 3.8) is 0 Å². The Bertz CT molecular complexity index is 877. The van der Waals surface area contributed by atoms with Crippen LogP contribution in [0.5, 0.6) is 0 Å². The van der Waals surface area contributed by atoms with Gasteiger partial charge in [0.1, 0.15) is 10.6 Å². The smallest absolute Gasteiger partial charge is 0.265 e. The van der Waals surface area contributed by atoms with Crippen molar-refractivity contribution in [1.82, 2.24) is 14.9 Å². The van der Waals surface area contributed by atoms with E-state index in [4.69, 9.17) is 16.0 Å². The second-order valence-electron chi connectivity index (χ2n) is 6.42. The van der Waals surface area contributed by atoms with E-state index in [0.717, 1.165) is 41.6 Å². The first-order chi connectivity index (χ1) is 12.7. The largest absolute Gasteiger partial charge is 0.445 e. The molecule has 1 atom stereocenters. The Labute approximate surface area is 160 Å². The molecule has 5 nitrogen and oxygen atoms in total. The van der Waals surface area contributed by atoms with Gasteiger partial charge in [0.05, 0.1) is 23.8 Å². The van der Waals surface area contributed by atoms with Gasteiger partial charge in [0, 0.05) is 24.5 Å². The summed E-state index contributed by atoms with van der Waals surface area (Å²) in [5.74, 6) is 1.73. The number of likely N-dealkylation sites (tertiary alicyclic amines) is 1. The molecular weight excluding hydrogens is 370 g/mol. The lowest BCUT2D eigenvalue weighted by atomic mass is 9.98. The molecule has 0 bridgehead atoms. The van der Waals surface area contributed by atoms with Crippen LogP contribution in [0.1, 0.15) is 45.6 Å². The first-order valence-corrected chi connectivity index (χ1v) is 9.81. The highest BCUT2D eigenvalue weighted by Crippen LogP contribution is 2.28. The van der Waals surface area contributed by atoms with Crippen molar-refractivity contribution in [2.45, 2.75) is 25.2 Å². The normalized spacial score (nSPS) is 17.4. The highest BCUT2D eigenvalue weighted by atomic mass is 35.5. The molecule has 1 saturated heterocycles. The van der Waals surface area contributed by atoms with Gasteiger partial charge in [-0.2, -0.15) is 0 Å². The highest BCUT2D eigenvalue weighted by Gasteiger charge is 2.28. The number of amides is 1. The van der Waals surface area contributed by atoms with E-state index in [-0.39, 0.29) is 11.8 Å². The van der Waals surface area contributed by atoms with Crippen molar-refractivity contribution < 1.29 is 9.21 Å². The maximum atomic E-state index is 12.5. The Morgan fingerprint density at radius 2 is 2.15 bits per heavy atom. The van der Waals surface area contributed by atoms with Crippen LogP contribution in [0.4, 0.5) is 0 Å². The highest BCUT2D eigenvalue weighted by molar-refractivity contribution is 7.11. The monoisotopic (exact) mass is 387 g/mol. The second-order valence-corrected chi connectivity index (χ2v) is 7.75. The van der Waals surface area contributed by atoms with Gasteiger partial charge in [-0.3, -0.25) is 9.78 Å². The molecule has 1 aliphatic rings. The van der Waals surface area contributed by atoms with E-state index in [2.05, 4.69) is 9.97 Å². The lowest BCUT2D eigenvalue weighted by Gasteiger charge is -2.30. The van der Waals surface area contributed by atoms with Crippen LogP contribution in [0.3, 0.4) is 0 Å². The van der Waals surface area contributed by atoms with Gasteiger partial charge in [-0.1, -0.05) is 23.7 Å². The number of benzene rings is 1. The number of halogens is 1. The predicted molar refractivity (Wildman–Crippen MR) is 101 cm³/mol. The zero-order chi connectivity index (χ0) is 17.9. The molecule has 1 aliphatic heterocycles. The fraction of sp³-hybridized carbons (Fsp3) is 0.316. The van der Waals surface area contributed by atoms with Crippen molar-refractivity contribution in [2.75, 3.05) is 13.1 Å². The predicted octanol–water partition coefficient (Wildman–Crippen LogP) is 4.40. The summed E-state index contributed by atoms with van der Waals surface area (Å²) in [6.07, 6.45) is 6.03. The number of carbonyl (C=O) groups excluding carboxylic acids is 1. The van der Waals surface area contributed by atoms with E-state index in [1.807, 2.05) is 29.2 Å². The van der Waals surface area contributed by atoms with Gasteiger partial charge < -0.3 is 9.32 Å². The van der Waals surface area contributed by atoms with Crippen molar-refractivity contribution in [3.05, 3.63) is 69.3 Å². The third-order valence-electron chi connectivity index (χ3n) is 4.56. The van der Waals surface area contributed by atoms with Gasteiger partial charge in [0.15, 0.2) is 5.89 Å². The minimum absolute atomic E-state index is 0.0464. The van der Waals surface area contributed by atoms with Crippen LogP contribution in [0, 0.1) is 0 Å². The van der Waals surface area contributed by atoms with E-state index < -0.39 is 0 Å². The fourth-order valence-electron chi connectivity index (χ4n) is 3.24. The summed E-state index contributed by atoms with van der Waals surface area (Å²) in [6.45, 7) is 1.41. The molecule has 0 radical (unpaired) electrons. The van der Waals surface area contributed by atoms with Gasteiger partial charge in [0.25, 0.3) is 5.91 Å². The van der Waals surface area contributed by atoms with Crippen molar-refractivity contribution in [3.8, 4) is 0 Å². The Morgan fingerprint density at radius 3 is 2.92 bits per heavy atom. The SMILES string of the molecule is O=C(c1cncs1)N1CCCC(c2ncc(Cc3ccc(Cl)cc3)o2)C1. The van der Waals surface area contributed by atoms with E-state index in [1.54, 1.807) is 17.9 Å². The first-order valence-electron chi connectivity index (χ1n) is 8.56. The number of nitrogens with zero attached hydrogens (tertiary/aromatic N) is 3. The quantitative estimate of drug-likeness (QED) is 0.665. The summed E-state index contributed by atoms with van der Waals surface area (Å²) in [7, 11) is 0. The van der Waals surface area contributed by atoms with Gasteiger partial charge in [-0.05, 0) is 30.5 Å². The number of hydrogen-bond donors (Lipinski definition) is 0. The Hall–Kier alpha value is -2.18. The van der Waals surface area contributed by atoms with Crippen LogP contribution >= 0.6 is 22.9 Å². The second kappa shape index (κ2) is 7.60. The Balaban J connectivity index is 1.43. The molecular formula is C19H18ClN3O2S. The number of oxazole rings is 1. The topological polar surface area (TPSA) is 59.2 Å². The number of aromatic nitrogens is 2. The van der Waals surface area contributed by atoms with Gasteiger partial charge >= 0.3 is 0 Å². The molecule has 0 aliphatic carbocycles. The van der Waals surface area contributed by atoms with Crippen LogP contribution < -0.4 is 0 Å². The molecule has 0 saturated carbocycles. The molecule has 26 heavy (non-hydrogen) atoms. The molecule has 1 aromatic carbocycles. The number of carbonyl (C=O) groups is 1. The van der Waals surface area contributed by atoms with Crippen molar-refractivity contribution >= 4 is 28.8 Å². The molecule has 1 unspecified atom stereocenters. The standard InChI is InChI=1S/C19H18ClN3O2S/c20-15-5-3-13(4-6-15)8-16-9-22-18(25-16)14-2-1-7-23(11-14)19(24)17-10-21-12-26-17/h3-6,9-10,12,14H,1-2,7-8,11H2. The summed E-state index contributed by atoms with van der Waals surface area (Å²) < 4.78 is 5.98. The fourth-order valence-corrected chi connectivity index (χ4v) is 3.95. The molecule has 0 N–H and O–H groups in total. The average Bonchev–Trinajstić information content (AvgIpc) is 3.35. The molecule has 2 aromatic heterocycles. The minimum Gasteiger partial charge on any atom is -0.445 e. The van der Waals surface area contributed by atoms with Gasteiger partial charge in [-0.25, -0.2) is 4.98 Å². The maximum absolute atomic E-state index is 12.5. The Kier molecular flexibility index (Phi) is 5.04. The third-order valence-corrected chi connectivity index (χ3v) is 5.58. The summed E-state index contributed by atoms with van der Waals surface area (Å²) in [6, 6.07) is 7.72. The number of hydrogen-bond acceptors (Lipinski definition) is 5. The summed E-state index contributed by atoms with van der Waals surface area (Å²) in [5.41, 5.74) is 2.81.